The first-order chi connectivity index (χ1) is 8.50. The molecule has 0 fully saturated rings. The third-order valence-corrected chi connectivity index (χ3v) is 2.42. The lowest BCUT2D eigenvalue weighted by atomic mass is 10.0. The molecule has 0 bridgehead atoms. The van der Waals surface area contributed by atoms with Crippen molar-refractivity contribution in [1.29, 1.82) is 0 Å². The zero-order valence-corrected chi connectivity index (χ0v) is 11.0. The van der Waals surface area contributed by atoms with Crippen molar-refractivity contribution in [3.63, 3.8) is 0 Å². The van der Waals surface area contributed by atoms with Crippen molar-refractivity contribution in [3.05, 3.63) is 35.1 Å². The number of hydrogen-bond acceptors (Lipinski definition) is 2. The molecule has 0 aromatic heterocycles. The molecule has 0 amide bonds. The minimum absolute atomic E-state index is 0.105. The van der Waals surface area contributed by atoms with Gasteiger partial charge in [-0.2, -0.15) is 13.2 Å². The van der Waals surface area contributed by atoms with Crippen molar-refractivity contribution in [2.75, 3.05) is 6.61 Å². The Morgan fingerprint density at radius 2 is 1.79 bits per heavy atom. The lowest BCUT2D eigenvalue weighted by Crippen LogP contribution is -2.26. The van der Waals surface area contributed by atoms with E-state index < -0.39 is 29.2 Å². The number of halogens is 4. The van der Waals surface area contributed by atoms with Gasteiger partial charge in [0.2, 0.25) is 0 Å². The second-order valence-corrected chi connectivity index (χ2v) is 5.27. The lowest BCUT2D eigenvalue weighted by Gasteiger charge is -2.23. The highest BCUT2D eigenvalue weighted by atomic mass is 19.4. The first-order valence-corrected chi connectivity index (χ1v) is 5.77. The second kappa shape index (κ2) is 5.46. The minimum atomic E-state index is -4.70. The Morgan fingerprint density at radius 3 is 2.21 bits per heavy atom. The van der Waals surface area contributed by atoms with E-state index in [2.05, 4.69) is 0 Å². The van der Waals surface area contributed by atoms with Crippen LogP contribution in [0, 0.1) is 5.82 Å². The maximum atomic E-state index is 13.4. The van der Waals surface area contributed by atoms with E-state index in [1.165, 1.54) is 6.07 Å². The molecule has 0 aliphatic rings. The third kappa shape index (κ3) is 4.80. The highest BCUT2D eigenvalue weighted by molar-refractivity contribution is 5.28. The van der Waals surface area contributed by atoms with E-state index in [4.69, 9.17) is 10.5 Å². The predicted octanol–water partition coefficient (Wildman–Crippen LogP) is 3.66. The standard InChI is InChI=1S/C13H17F4NO/c1-12(2,3)19-7-11(18)8-4-5-9(10(14)6-8)13(15,16)17/h4-6,11H,7,18H2,1-3H3. The monoisotopic (exact) mass is 279 g/mol. The van der Waals surface area contributed by atoms with Crippen LogP contribution in [0.4, 0.5) is 17.6 Å². The summed E-state index contributed by atoms with van der Waals surface area (Å²) in [4.78, 5) is 0. The molecule has 2 nitrogen and oxygen atoms in total. The largest absolute Gasteiger partial charge is 0.419 e. The third-order valence-electron chi connectivity index (χ3n) is 2.42. The predicted molar refractivity (Wildman–Crippen MR) is 64.0 cm³/mol. The summed E-state index contributed by atoms with van der Waals surface area (Å²) in [5.74, 6) is -1.32. The van der Waals surface area contributed by atoms with Crippen LogP contribution in [0.1, 0.15) is 37.9 Å². The van der Waals surface area contributed by atoms with Gasteiger partial charge in [0.05, 0.1) is 23.8 Å². The molecule has 0 aliphatic heterocycles. The molecule has 0 heterocycles. The number of alkyl halides is 3. The SMILES string of the molecule is CC(C)(C)OCC(N)c1ccc(C(F)(F)F)c(F)c1. The van der Waals surface area contributed by atoms with Crippen molar-refractivity contribution in [2.24, 2.45) is 5.73 Å². The number of rotatable bonds is 3. The Balaban J connectivity index is 2.83. The maximum Gasteiger partial charge on any atom is 0.419 e. The number of benzene rings is 1. The Kier molecular flexibility index (Phi) is 4.58. The van der Waals surface area contributed by atoms with Crippen LogP contribution in [-0.2, 0) is 10.9 Å². The fraction of sp³-hybridized carbons (Fsp3) is 0.538. The molecule has 1 unspecified atom stereocenters. The van der Waals surface area contributed by atoms with Crippen LogP contribution in [0.2, 0.25) is 0 Å². The first kappa shape index (κ1) is 15.9. The molecule has 0 radical (unpaired) electrons. The summed E-state index contributed by atoms with van der Waals surface area (Å²) >= 11 is 0. The minimum Gasteiger partial charge on any atom is -0.374 e. The van der Waals surface area contributed by atoms with Gasteiger partial charge in [-0.05, 0) is 38.5 Å². The van der Waals surface area contributed by atoms with Crippen LogP contribution in [0.25, 0.3) is 0 Å². The van der Waals surface area contributed by atoms with Gasteiger partial charge in [0, 0.05) is 0 Å². The molecule has 0 aliphatic carbocycles. The molecule has 1 aromatic rings. The van der Waals surface area contributed by atoms with Gasteiger partial charge < -0.3 is 10.5 Å². The van der Waals surface area contributed by atoms with Crippen LogP contribution >= 0.6 is 0 Å². The van der Waals surface area contributed by atoms with E-state index in [1.807, 2.05) is 20.8 Å². The Labute approximate surface area is 109 Å². The van der Waals surface area contributed by atoms with Gasteiger partial charge in [-0.15, -0.1) is 0 Å². The average molecular weight is 279 g/mol. The molecular formula is C13H17F4NO. The molecular weight excluding hydrogens is 262 g/mol. The quantitative estimate of drug-likeness (QED) is 0.857. The van der Waals surface area contributed by atoms with E-state index in [0.717, 1.165) is 6.07 Å². The van der Waals surface area contributed by atoms with Gasteiger partial charge in [0.1, 0.15) is 5.82 Å². The van der Waals surface area contributed by atoms with Crippen molar-refractivity contribution in [3.8, 4) is 0 Å². The first-order valence-electron chi connectivity index (χ1n) is 5.77. The summed E-state index contributed by atoms with van der Waals surface area (Å²) in [6.07, 6.45) is -4.70. The van der Waals surface area contributed by atoms with E-state index in [-0.39, 0.29) is 12.2 Å². The maximum absolute atomic E-state index is 13.4. The number of ether oxygens (including phenoxy) is 1. The lowest BCUT2D eigenvalue weighted by molar-refractivity contribution is -0.140. The van der Waals surface area contributed by atoms with Crippen LogP contribution < -0.4 is 5.73 Å². The van der Waals surface area contributed by atoms with Gasteiger partial charge >= 0.3 is 6.18 Å². The van der Waals surface area contributed by atoms with Gasteiger partial charge in [0.15, 0.2) is 0 Å². The van der Waals surface area contributed by atoms with Crippen molar-refractivity contribution in [2.45, 2.75) is 38.6 Å². The summed E-state index contributed by atoms with van der Waals surface area (Å²) in [6, 6.07) is 2.00. The molecule has 1 aromatic carbocycles. The molecule has 0 saturated heterocycles. The Hall–Kier alpha value is -1.14. The van der Waals surface area contributed by atoms with E-state index >= 15 is 0 Å². The molecule has 6 heteroatoms. The van der Waals surface area contributed by atoms with Crippen molar-refractivity contribution in [1.82, 2.24) is 0 Å². The Morgan fingerprint density at radius 1 is 1.21 bits per heavy atom. The van der Waals surface area contributed by atoms with Crippen molar-refractivity contribution < 1.29 is 22.3 Å². The fourth-order valence-corrected chi connectivity index (χ4v) is 1.43. The molecule has 19 heavy (non-hydrogen) atoms. The molecule has 2 N–H and O–H groups in total. The fourth-order valence-electron chi connectivity index (χ4n) is 1.43. The average Bonchev–Trinajstić information content (AvgIpc) is 2.22. The van der Waals surface area contributed by atoms with Crippen molar-refractivity contribution >= 4 is 0 Å². The summed E-state index contributed by atoms with van der Waals surface area (Å²) in [7, 11) is 0. The summed E-state index contributed by atoms with van der Waals surface area (Å²) in [5, 5.41) is 0. The van der Waals surface area contributed by atoms with Crippen LogP contribution in [0.15, 0.2) is 18.2 Å². The molecule has 108 valence electrons. The van der Waals surface area contributed by atoms with Gasteiger partial charge in [-0.3, -0.25) is 0 Å². The van der Waals surface area contributed by atoms with E-state index in [9.17, 15) is 17.6 Å². The molecule has 0 spiro atoms. The summed E-state index contributed by atoms with van der Waals surface area (Å²) < 4.78 is 55.9. The van der Waals surface area contributed by atoms with Gasteiger partial charge in [-0.25, -0.2) is 4.39 Å². The highest BCUT2D eigenvalue weighted by Gasteiger charge is 2.34. The van der Waals surface area contributed by atoms with E-state index in [1.54, 1.807) is 0 Å². The summed E-state index contributed by atoms with van der Waals surface area (Å²) in [5.41, 5.74) is 4.32. The molecule has 0 saturated carbocycles. The highest BCUT2D eigenvalue weighted by Crippen LogP contribution is 2.32. The zero-order valence-electron chi connectivity index (χ0n) is 11.0. The normalized spacial score (nSPS) is 14.5. The number of nitrogens with two attached hydrogens (primary N) is 1. The summed E-state index contributed by atoms with van der Waals surface area (Å²) in [6.45, 7) is 5.58. The molecule has 1 atom stereocenters. The Bertz CT molecular complexity index is 437. The number of hydrogen-bond donors (Lipinski definition) is 1. The second-order valence-electron chi connectivity index (χ2n) is 5.27. The van der Waals surface area contributed by atoms with E-state index in [0.29, 0.717) is 6.07 Å². The van der Waals surface area contributed by atoms with Crippen LogP contribution in [0.5, 0.6) is 0 Å². The van der Waals surface area contributed by atoms with Crippen LogP contribution in [-0.4, -0.2) is 12.2 Å². The van der Waals surface area contributed by atoms with Gasteiger partial charge in [0.25, 0.3) is 0 Å². The smallest absolute Gasteiger partial charge is 0.374 e. The molecule has 1 rings (SSSR count). The van der Waals surface area contributed by atoms with Crippen LogP contribution in [0.3, 0.4) is 0 Å². The topological polar surface area (TPSA) is 35.2 Å². The zero-order chi connectivity index (χ0) is 14.8. The van der Waals surface area contributed by atoms with Gasteiger partial charge in [-0.1, -0.05) is 6.07 Å².